The number of aromatic hydroxyl groups is 1. The van der Waals surface area contributed by atoms with Crippen LogP contribution in [0.5, 0.6) is 5.75 Å². The van der Waals surface area contributed by atoms with Gasteiger partial charge in [-0.25, -0.2) is 0 Å². The molecule has 0 fully saturated rings. The fraction of sp³-hybridized carbons (Fsp3) is 0.500. The number of hydrogen-bond donors (Lipinski definition) is 1. The second-order valence-electron chi connectivity index (χ2n) is 4.19. The summed E-state index contributed by atoms with van der Waals surface area (Å²) in [5.41, 5.74) is 2.77. The van der Waals surface area contributed by atoms with Crippen LogP contribution in [0.4, 0.5) is 0 Å². The number of phenolic OH excluding ortho intramolecular Hbond substituents is 1. The Balaban J connectivity index is 2.45. The Morgan fingerprint density at radius 1 is 1.31 bits per heavy atom. The quantitative estimate of drug-likeness (QED) is 0.644. The van der Waals surface area contributed by atoms with Gasteiger partial charge in [0.05, 0.1) is 0 Å². The molecule has 0 radical (unpaired) electrons. The molecule has 13 heavy (non-hydrogen) atoms. The van der Waals surface area contributed by atoms with E-state index in [9.17, 15) is 5.11 Å². The van der Waals surface area contributed by atoms with Gasteiger partial charge in [-0.1, -0.05) is 19.9 Å². The van der Waals surface area contributed by atoms with Crippen LogP contribution in [0.1, 0.15) is 37.3 Å². The van der Waals surface area contributed by atoms with Crippen molar-refractivity contribution >= 4 is 0 Å². The van der Waals surface area contributed by atoms with E-state index < -0.39 is 0 Å². The topological polar surface area (TPSA) is 20.2 Å². The third-order valence-corrected chi connectivity index (χ3v) is 3.34. The van der Waals surface area contributed by atoms with Gasteiger partial charge < -0.3 is 5.11 Å². The van der Waals surface area contributed by atoms with E-state index in [1.165, 1.54) is 24.0 Å². The van der Waals surface area contributed by atoms with Gasteiger partial charge in [-0.05, 0) is 47.9 Å². The maximum absolute atomic E-state index is 9.39. The lowest BCUT2D eigenvalue weighted by Gasteiger charge is -2.28. The summed E-state index contributed by atoms with van der Waals surface area (Å²) in [7, 11) is 0. The van der Waals surface area contributed by atoms with Gasteiger partial charge in [0, 0.05) is 0 Å². The van der Waals surface area contributed by atoms with Gasteiger partial charge in [-0.15, -0.1) is 0 Å². The van der Waals surface area contributed by atoms with Gasteiger partial charge in [0.2, 0.25) is 0 Å². The SMILES string of the molecule is C[C@@H]1CCc2ccc(O)cc2[C@@H]1C. The van der Waals surface area contributed by atoms with Gasteiger partial charge in [0.1, 0.15) is 5.75 Å². The average molecular weight is 176 g/mol. The minimum Gasteiger partial charge on any atom is -0.508 e. The zero-order valence-corrected chi connectivity index (χ0v) is 8.25. The average Bonchev–Trinajstić information content (AvgIpc) is 2.12. The van der Waals surface area contributed by atoms with E-state index in [0.717, 1.165) is 5.92 Å². The first-order valence-corrected chi connectivity index (χ1v) is 5.00. The molecule has 1 aromatic carbocycles. The first-order valence-electron chi connectivity index (χ1n) is 5.00. The van der Waals surface area contributed by atoms with Crippen LogP contribution < -0.4 is 0 Å². The Labute approximate surface area is 79.4 Å². The van der Waals surface area contributed by atoms with Crippen molar-refractivity contribution in [3.63, 3.8) is 0 Å². The first-order chi connectivity index (χ1) is 6.18. The molecular formula is C12H16O. The summed E-state index contributed by atoms with van der Waals surface area (Å²) in [5.74, 6) is 1.74. The van der Waals surface area contributed by atoms with Gasteiger partial charge in [-0.2, -0.15) is 0 Å². The monoisotopic (exact) mass is 176 g/mol. The highest BCUT2D eigenvalue weighted by Gasteiger charge is 2.22. The molecular weight excluding hydrogens is 160 g/mol. The number of hydrogen-bond acceptors (Lipinski definition) is 1. The molecule has 0 spiro atoms. The molecule has 0 aliphatic heterocycles. The summed E-state index contributed by atoms with van der Waals surface area (Å²) < 4.78 is 0. The van der Waals surface area contributed by atoms with Crippen molar-refractivity contribution in [3.05, 3.63) is 29.3 Å². The van der Waals surface area contributed by atoms with Crippen LogP contribution in [0.2, 0.25) is 0 Å². The highest BCUT2D eigenvalue weighted by atomic mass is 16.3. The molecule has 0 aromatic heterocycles. The molecule has 2 atom stereocenters. The predicted molar refractivity (Wildman–Crippen MR) is 54.0 cm³/mol. The Kier molecular flexibility index (Phi) is 2.03. The van der Waals surface area contributed by atoms with Crippen LogP contribution in [0.15, 0.2) is 18.2 Å². The van der Waals surface area contributed by atoms with Crippen molar-refractivity contribution in [1.82, 2.24) is 0 Å². The van der Waals surface area contributed by atoms with Crippen molar-refractivity contribution in [2.45, 2.75) is 32.6 Å². The van der Waals surface area contributed by atoms with Crippen molar-refractivity contribution in [2.24, 2.45) is 5.92 Å². The van der Waals surface area contributed by atoms with E-state index >= 15 is 0 Å². The predicted octanol–water partition coefficient (Wildman–Crippen LogP) is 3.08. The van der Waals surface area contributed by atoms with Gasteiger partial charge in [0.25, 0.3) is 0 Å². The molecule has 0 unspecified atom stereocenters. The van der Waals surface area contributed by atoms with Crippen molar-refractivity contribution in [2.75, 3.05) is 0 Å². The van der Waals surface area contributed by atoms with Crippen LogP contribution in [0.25, 0.3) is 0 Å². The van der Waals surface area contributed by atoms with Crippen LogP contribution in [-0.4, -0.2) is 5.11 Å². The molecule has 1 N–H and O–H groups in total. The Morgan fingerprint density at radius 2 is 2.08 bits per heavy atom. The highest BCUT2D eigenvalue weighted by molar-refractivity contribution is 5.38. The summed E-state index contributed by atoms with van der Waals surface area (Å²) in [6.45, 7) is 4.54. The standard InChI is InChI=1S/C12H16O/c1-8-3-4-10-5-6-11(13)7-12(10)9(8)2/h5-9,13H,3-4H2,1-2H3/t8-,9-/m1/s1. The fourth-order valence-corrected chi connectivity index (χ4v) is 2.17. The van der Waals surface area contributed by atoms with E-state index in [2.05, 4.69) is 19.9 Å². The van der Waals surface area contributed by atoms with Crippen LogP contribution in [-0.2, 0) is 6.42 Å². The lowest BCUT2D eigenvalue weighted by Crippen LogP contribution is -2.15. The Bertz CT molecular complexity index is 317. The van der Waals surface area contributed by atoms with Crippen molar-refractivity contribution in [3.8, 4) is 5.75 Å². The largest absolute Gasteiger partial charge is 0.508 e. The van der Waals surface area contributed by atoms with E-state index in [0.29, 0.717) is 11.7 Å². The molecule has 0 saturated heterocycles. The van der Waals surface area contributed by atoms with Crippen LogP contribution >= 0.6 is 0 Å². The first kappa shape index (κ1) is 8.61. The van der Waals surface area contributed by atoms with Gasteiger partial charge in [-0.3, -0.25) is 0 Å². The minimum atomic E-state index is 0.403. The second kappa shape index (κ2) is 3.06. The molecule has 0 bridgehead atoms. The zero-order valence-electron chi connectivity index (χ0n) is 8.25. The molecule has 1 aromatic rings. The number of rotatable bonds is 0. The molecule has 0 amide bonds. The fourth-order valence-electron chi connectivity index (χ4n) is 2.17. The van der Waals surface area contributed by atoms with E-state index in [-0.39, 0.29) is 0 Å². The summed E-state index contributed by atoms with van der Waals surface area (Å²) in [4.78, 5) is 0. The van der Waals surface area contributed by atoms with Crippen LogP contribution in [0, 0.1) is 5.92 Å². The molecule has 70 valence electrons. The summed E-state index contributed by atoms with van der Waals surface area (Å²) in [6.07, 6.45) is 2.44. The lowest BCUT2D eigenvalue weighted by atomic mass is 9.77. The molecule has 1 aliphatic carbocycles. The van der Waals surface area contributed by atoms with E-state index in [1.807, 2.05) is 6.07 Å². The lowest BCUT2D eigenvalue weighted by molar-refractivity contribution is 0.420. The molecule has 2 rings (SSSR count). The summed E-state index contributed by atoms with van der Waals surface area (Å²) in [6, 6.07) is 5.78. The second-order valence-corrected chi connectivity index (χ2v) is 4.19. The highest BCUT2D eigenvalue weighted by Crippen LogP contribution is 2.36. The molecule has 1 nitrogen and oxygen atoms in total. The minimum absolute atomic E-state index is 0.403. The maximum atomic E-state index is 9.39. The zero-order chi connectivity index (χ0) is 9.42. The molecule has 1 aliphatic rings. The summed E-state index contributed by atoms with van der Waals surface area (Å²) >= 11 is 0. The number of phenols is 1. The van der Waals surface area contributed by atoms with E-state index in [1.54, 1.807) is 6.07 Å². The third-order valence-electron chi connectivity index (χ3n) is 3.34. The number of aryl methyl sites for hydroxylation is 1. The maximum Gasteiger partial charge on any atom is 0.115 e. The normalized spacial score (nSPS) is 26.9. The summed E-state index contributed by atoms with van der Waals surface area (Å²) in [5, 5.41) is 9.39. The number of benzene rings is 1. The molecule has 0 saturated carbocycles. The van der Waals surface area contributed by atoms with Gasteiger partial charge in [0.15, 0.2) is 0 Å². The van der Waals surface area contributed by atoms with Gasteiger partial charge >= 0.3 is 0 Å². The Morgan fingerprint density at radius 3 is 2.85 bits per heavy atom. The molecule has 1 heteroatoms. The van der Waals surface area contributed by atoms with Crippen LogP contribution in [0.3, 0.4) is 0 Å². The molecule has 0 heterocycles. The number of fused-ring (bicyclic) bond motifs is 1. The van der Waals surface area contributed by atoms with Crippen molar-refractivity contribution in [1.29, 1.82) is 0 Å². The third kappa shape index (κ3) is 1.43. The smallest absolute Gasteiger partial charge is 0.115 e. The van der Waals surface area contributed by atoms with Crippen molar-refractivity contribution < 1.29 is 5.11 Å². The Hall–Kier alpha value is -0.980. The van der Waals surface area contributed by atoms with E-state index in [4.69, 9.17) is 0 Å².